The molecule has 3 aromatic heterocycles. The Morgan fingerprint density at radius 2 is 2.03 bits per heavy atom. The SMILES string of the molecule is COCc1c(C(=O)N(C)C[C@H](O)c2ccccc2)cnn1-c1nccc(-c2cccs2)n1. The third-order valence-corrected chi connectivity index (χ3v) is 5.86. The van der Waals surface area contributed by atoms with Gasteiger partial charge in [0.05, 0.1) is 47.3 Å². The molecule has 4 aromatic rings. The average molecular weight is 450 g/mol. The van der Waals surface area contributed by atoms with Crippen LogP contribution in [0.3, 0.4) is 0 Å². The van der Waals surface area contributed by atoms with Crippen molar-refractivity contribution in [2.75, 3.05) is 20.7 Å². The van der Waals surface area contributed by atoms with Gasteiger partial charge in [-0.1, -0.05) is 36.4 Å². The Morgan fingerprint density at radius 3 is 2.75 bits per heavy atom. The van der Waals surface area contributed by atoms with Gasteiger partial charge in [-0.25, -0.2) is 9.97 Å². The number of aliphatic hydroxyl groups excluding tert-OH is 1. The summed E-state index contributed by atoms with van der Waals surface area (Å²) in [5.74, 6) is 0.0849. The fourth-order valence-corrected chi connectivity index (χ4v) is 4.04. The Kier molecular flexibility index (Phi) is 6.69. The molecule has 32 heavy (non-hydrogen) atoms. The van der Waals surface area contributed by atoms with Crippen molar-refractivity contribution in [2.45, 2.75) is 12.7 Å². The lowest BCUT2D eigenvalue weighted by atomic mass is 10.1. The van der Waals surface area contributed by atoms with E-state index in [0.717, 1.165) is 16.1 Å². The molecule has 9 heteroatoms. The molecule has 0 saturated carbocycles. The highest BCUT2D eigenvalue weighted by molar-refractivity contribution is 7.13. The summed E-state index contributed by atoms with van der Waals surface area (Å²) in [4.78, 5) is 24.6. The van der Waals surface area contributed by atoms with Crippen LogP contribution in [0.25, 0.3) is 16.5 Å². The second-order valence-electron chi connectivity index (χ2n) is 7.18. The number of ether oxygens (including phenoxy) is 1. The first kappa shape index (κ1) is 21.8. The van der Waals surface area contributed by atoms with Crippen LogP contribution in [-0.2, 0) is 11.3 Å². The van der Waals surface area contributed by atoms with Crippen molar-refractivity contribution in [1.29, 1.82) is 0 Å². The van der Waals surface area contributed by atoms with Gasteiger partial charge >= 0.3 is 0 Å². The Balaban J connectivity index is 1.60. The topological polar surface area (TPSA) is 93.4 Å². The summed E-state index contributed by atoms with van der Waals surface area (Å²) in [6.07, 6.45) is 2.36. The van der Waals surface area contributed by atoms with Crippen LogP contribution >= 0.6 is 11.3 Å². The molecule has 0 fully saturated rings. The summed E-state index contributed by atoms with van der Waals surface area (Å²) < 4.78 is 6.86. The predicted molar refractivity (Wildman–Crippen MR) is 122 cm³/mol. The molecular weight excluding hydrogens is 426 g/mol. The molecule has 1 N–H and O–H groups in total. The normalized spacial score (nSPS) is 12.0. The molecule has 164 valence electrons. The largest absolute Gasteiger partial charge is 0.387 e. The number of amides is 1. The zero-order valence-corrected chi connectivity index (χ0v) is 18.6. The number of thiophene rings is 1. The van der Waals surface area contributed by atoms with Gasteiger partial charge in [0, 0.05) is 20.4 Å². The number of hydrogen-bond donors (Lipinski definition) is 1. The van der Waals surface area contributed by atoms with E-state index in [4.69, 9.17) is 4.74 Å². The summed E-state index contributed by atoms with van der Waals surface area (Å²) in [6, 6.07) is 15.0. The highest BCUT2D eigenvalue weighted by atomic mass is 32.1. The summed E-state index contributed by atoms with van der Waals surface area (Å²) >= 11 is 1.58. The Morgan fingerprint density at radius 1 is 1.22 bits per heavy atom. The van der Waals surface area contributed by atoms with Crippen LogP contribution in [0.1, 0.15) is 27.7 Å². The molecule has 3 heterocycles. The quantitative estimate of drug-likeness (QED) is 0.443. The van der Waals surface area contributed by atoms with Crippen molar-refractivity contribution in [3.8, 4) is 16.5 Å². The molecular formula is C23H23N5O3S. The minimum atomic E-state index is -0.795. The predicted octanol–water partition coefficient (Wildman–Crippen LogP) is 3.34. The van der Waals surface area contributed by atoms with Crippen molar-refractivity contribution in [2.24, 2.45) is 0 Å². The molecule has 1 aromatic carbocycles. The summed E-state index contributed by atoms with van der Waals surface area (Å²) in [5.41, 5.74) is 2.44. The first-order valence-electron chi connectivity index (χ1n) is 10.00. The second kappa shape index (κ2) is 9.82. The maximum absolute atomic E-state index is 13.2. The van der Waals surface area contributed by atoms with Crippen molar-refractivity contribution in [3.05, 3.63) is 83.1 Å². The number of aromatic nitrogens is 4. The molecule has 0 saturated heterocycles. The van der Waals surface area contributed by atoms with Gasteiger partial charge in [-0.15, -0.1) is 11.3 Å². The van der Waals surface area contributed by atoms with Crippen LogP contribution in [0.2, 0.25) is 0 Å². The molecule has 0 aliphatic rings. The van der Waals surface area contributed by atoms with Gasteiger partial charge < -0.3 is 14.7 Å². The van der Waals surface area contributed by atoms with Gasteiger partial charge in [-0.05, 0) is 23.1 Å². The fraction of sp³-hybridized carbons (Fsp3) is 0.217. The van der Waals surface area contributed by atoms with Gasteiger partial charge in [-0.3, -0.25) is 4.79 Å². The van der Waals surface area contributed by atoms with E-state index in [2.05, 4.69) is 15.1 Å². The van der Waals surface area contributed by atoms with E-state index in [1.165, 1.54) is 15.8 Å². The van der Waals surface area contributed by atoms with E-state index in [0.29, 0.717) is 17.2 Å². The molecule has 1 atom stereocenters. The van der Waals surface area contributed by atoms with Gasteiger partial charge in [0.15, 0.2) is 0 Å². The Labute approximate surface area is 189 Å². The number of rotatable bonds is 8. The summed E-state index contributed by atoms with van der Waals surface area (Å²) in [7, 11) is 3.20. The average Bonchev–Trinajstić information content (AvgIpc) is 3.50. The van der Waals surface area contributed by atoms with E-state index < -0.39 is 6.10 Å². The van der Waals surface area contributed by atoms with Crippen LogP contribution in [-0.4, -0.2) is 56.4 Å². The molecule has 0 unspecified atom stereocenters. The molecule has 0 spiro atoms. The lowest BCUT2D eigenvalue weighted by Gasteiger charge is -2.21. The van der Waals surface area contributed by atoms with Gasteiger partial charge in [-0.2, -0.15) is 9.78 Å². The van der Waals surface area contributed by atoms with Crippen LogP contribution in [0.5, 0.6) is 0 Å². The van der Waals surface area contributed by atoms with Crippen LogP contribution in [0.4, 0.5) is 0 Å². The smallest absolute Gasteiger partial charge is 0.257 e. The zero-order valence-electron chi connectivity index (χ0n) is 17.8. The summed E-state index contributed by atoms with van der Waals surface area (Å²) in [6.45, 7) is 0.299. The number of nitrogens with zero attached hydrogens (tertiary/aromatic N) is 5. The van der Waals surface area contributed by atoms with Crippen LogP contribution in [0.15, 0.2) is 66.3 Å². The standard InChI is InChI=1S/C23H23N5O3S/c1-27(14-20(29)16-7-4-3-5-8-16)22(30)17-13-25-28(19(17)15-31-2)23-24-11-10-18(26-23)21-9-6-12-32-21/h3-13,20,29H,14-15H2,1-2H3/t20-/m0/s1. The molecule has 0 aliphatic heterocycles. The van der Waals surface area contributed by atoms with Crippen molar-refractivity contribution in [1.82, 2.24) is 24.6 Å². The zero-order chi connectivity index (χ0) is 22.5. The molecule has 0 radical (unpaired) electrons. The van der Waals surface area contributed by atoms with Crippen molar-refractivity contribution >= 4 is 17.2 Å². The minimum Gasteiger partial charge on any atom is -0.387 e. The number of aliphatic hydroxyl groups is 1. The molecule has 0 bridgehead atoms. The Bertz CT molecular complexity index is 1180. The molecule has 8 nitrogen and oxygen atoms in total. The Hall–Kier alpha value is -3.40. The highest BCUT2D eigenvalue weighted by Gasteiger charge is 2.24. The minimum absolute atomic E-state index is 0.144. The fourth-order valence-electron chi connectivity index (χ4n) is 3.34. The van der Waals surface area contributed by atoms with E-state index in [9.17, 15) is 9.90 Å². The second-order valence-corrected chi connectivity index (χ2v) is 8.13. The van der Waals surface area contributed by atoms with Crippen molar-refractivity contribution < 1.29 is 14.6 Å². The maximum Gasteiger partial charge on any atom is 0.257 e. The third kappa shape index (κ3) is 4.59. The van der Waals surface area contributed by atoms with E-state index in [1.54, 1.807) is 31.7 Å². The number of hydrogen-bond acceptors (Lipinski definition) is 7. The number of likely N-dealkylation sites (N-methyl/N-ethyl adjacent to an activating group) is 1. The van der Waals surface area contributed by atoms with E-state index >= 15 is 0 Å². The molecule has 4 rings (SSSR count). The van der Waals surface area contributed by atoms with Gasteiger partial charge in [0.1, 0.15) is 0 Å². The number of carbonyl (C=O) groups excluding carboxylic acids is 1. The van der Waals surface area contributed by atoms with Crippen molar-refractivity contribution in [3.63, 3.8) is 0 Å². The lowest BCUT2D eigenvalue weighted by Crippen LogP contribution is -2.31. The number of carbonyl (C=O) groups is 1. The van der Waals surface area contributed by atoms with Crippen LogP contribution in [0, 0.1) is 0 Å². The number of methoxy groups -OCH3 is 1. The monoisotopic (exact) mass is 449 g/mol. The summed E-state index contributed by atoms with van der Waals surface area (Å²) in [5, 5.41) is 16.9. The molecule has 0 aliphatic carbocycles. The van der Waals surface area contributed by atoms with E-state index in [-0.39, 0.29) is 19.1 Å². The maximum atomic E-state index is 13.2. The van der Waals surface area contributed by atoms with Gasteiger partial charge in [0.2, 0.25) is 0 Å². The third-order valence-electron chi connectivity index (χ3n) is 4.96. The van der Waals surface area contributed by atoms with E-state index in [1.807, 2.05) is 53.9 Å². The van der Waals surface area contributed by atoms with Crippen LogP contribution < -0.4 is 0 Å². The highest BCUT2D eigenvalue weighted by Crippen LogP contribution is 2.24. The first-order chi connectivity index (χ1) is 15.6. The first-order valence-corrected chi connectivity index (χ1v) is 10.9. The lowest BCUT2D eigenvalue weighted by molar-refractivity contribution is 0.0676. The number of benzene rings is 1. The molecule has 1 amide bonds. The van der Waals surface area contributed by atoms with Gasteiger partial charge in [0.25, 0.3) is 11.9 Å².